The van der Waals surface area contributed by atoms with Crippen LogP contribution < -0.4 is 4.90 Å². The van der Waals surface area contributed by atoms with E-state index in [-0.39, 0.29) is 18.1 Å². The van der Waals surface area contributed by atoms with E-state index in [0.717, 1.165) is 31.4 Å². The van der Waals surface area contributed by atoms with Gasteiger partial charge in [0.05, 0.1) is 0 Å². The molecule has 0 bridgehead atoms. The number of carbonyl (C=O) groups is 2. The number of unbranched alkanes of at least 4 members (excludes halogenated alkanes) is 4. The van der Waals surface area contributed by atoms with Crippen molar-refractivity contribution in [2.75, 3.05) is 11.4 Å². The number of aromatic hydroxyl groups is 1. The Hall–Kier alpha value is -2.53. The summed E-state index contributed by atoms with van der Waals surface area (Å²) in [4.78, 5) is 25.2. The molecule has 5 nitrogen and oxygen atoms in total. The van der Waals surface area contributed by atoms with Gasteiger partial charge in [0, 0.05) is 29.2 Å². The normalized spacial score (nSPS) is 10.6. The van der Waals surface area contributed by atoms with E-state index in [1.54, 1.807) is 53.4 Å². The zero-order chi connectivity index (χ0) is 19.6. The van der Waals surface area contributed by atoms with E-state index in [2.05, 4.69) is 0 Å². The van der Waals surface area contributed by atoms with Crippen molar-refractivity contribution in [2.45, 2.75) is 38.5 Å². The molecule has 0 aliphatic heterocycles. The maximum Gasteiger partial charge on any atom is 0.303 e. The average molecular weight is 390 g/mol. The summed E-state index contributed by atoms with van der Waals surface area (Å²) >= 11 is 5.90. The summed E-state index contributed by atoms with van der Waals surface area (Å²) in [5.74, 6) is -0.735. The van der Waals surface area contributed by atoms with Gasteiger partial charge in [-0.05, 0) is 61.4 Å². The van der Waals surface area contributed by atoms with Crippen LogP contribution in [-0.2, 0) is 4.79 Å². The van der Waals surface area contributed by atoms with Crippen LogP contribution in [0.5, 0.6) is 5.75 Å². The van der Waals surface area contributed by atoms with Crippen molar-refractivity contribution in [3.8, 4) is 5.75 Å². The Morgan fingerprint density at radius 1 is 0.852 bits per heavy atom. The van der Waals surface area contributed by atoms with Gasteiger partial charge in [0.15, 0.2) is 0 Å². The van der Waals surface area contributed by atoms with Crippen molar-refractivity contribution < 1.29 is 19.8 Å². The number of anilines is 1. The fourth-order valence-electron chi connectivity index (χ4n) is 2.81. The van der Waals surface area contributed by atoms with Crippen LogP contribution in [0.15, 0.2) is 48.5 Å². The standard InChI is InChI=1S/C21H24ClNO4/c22-17-9-7-16(8-10-17)21(27)23(18-11-13-19(24)14-12-18)15-5-3-1-2-4-6-20(25)26/h7-14,24H,1-6,15H2,(H,25,26). The second-order valence-corrected chi connectivity index (χ2v) is 6.83. The van der Waals surface area contributed by atoms with Crippen molar-refractivity contribution in [1.29, 1.82) is 0 Å². The number of hydrogen-bond donors (Lipinski definition) is 2. The summed E-state index contributed by atoms with van der Waals surface area (Å²) < 4.78 is 0. The minimum Gasteiger partial charge on any atom is -0.508 e. The Bertz CT molecular complexity index is 744. The Balaban J connectivity index is 1.98. The smallest absolute Gasteiger partial charge is 0.303 e. The van der Waals surface area contributed by atoms with E-state index in [4.69, 9.17) is 16.7 Å². The van der Waals surface area contributed by atoms with Gasteiger partial charge in [-0.15, -0.1) is 0 Å². The molecule has 144 valence electrons. The highest BCUT2D eigenvalue weighted by Crippen LogP contribution is 2.22. The van der Waals surface area contributed by atoms with Crippen LogP contribution >= 0.6 is 11.6 Å². The Labute approximate surface area is 164 Å². The molecular weight excluding hydrogens is 366 g/mol. The molecule has 0 aromatic heterocycles. The van der Waals surface area contributed by atoms with E-state index >= 15 is 0 Å². The molecular formula is C21H24ClNO4. The summed E-state index contributed by atoms with van der Waals surface area (Å²) in [5.41, 5.74) is 1.27. The Morgan fingerprint density at radius 3 is 2.07 bits per heavy atom. The third kappa shape index (κ3) is 6.94. The first-order valence-corrected chi connectivity index (χ1v) is 9.43. The number of phenols is 1. The van der Waals surface area contributed by atoms with Crippen LogP contribution in [0.2, 0.25) is 5.02 Å². The number of carboxylic acid groups (broad SMARTS) is 1. The van der Waals surface area contributed by atoms with Gasteiger partial charge in [-0.2, -0.15) is 0 Å². The highest BCUT2D eigenvalue weighted by Gasteiger charge is 2.17. The second-order valence-electron chi connectivity index (χ2n) is 6.39. The van der Waals surface area contributed by atoms with Crippen molar-refractivity contribution >= 4 is 29.2 Å². The number of halogens is 1. The second kappa shape index (κ2) is 10.6. The number of amides is 1. The molecule has 1 amide bonds. The fraction of sp³-hybridized carbons (Fsp3) is 0.333. The minimum absolute atomic E-state index is 0.122. The van der Waals surface area contributed by atoms with Gasteiger partial charge in [-0.3, -0.25) is 9.59 Å². The lowest BCUT2D eigenvalue weighted by Crippen LogP contribution is -2.31. The number of nitrogens with zero attached hydrogens (tertiary/aromatic N) is 1. The van der Waals surface area contributed by atoms with Crippen molar-refractivity contribution in [3.05, 3.63) is 59.1 Å². The van der Waals surface area contributed by atoms with Gasteiger partial charge < -0.3 is 15.1 Å². The first kappa shape index (κ1) is 20.8. The number of carboxylic acids is 1. The van der Waals surface area contributed by atoms with Crippen LogP contribution in [0.1, 0.15) is 48.9 Å². The summed E-state index contributed by atoms with van der Waals surface area (Å²) in [6.45, 7) is 0.547. The minimum atomic E-state index is -0.762. The highest BCUT2D eigenvalue weighted by molar-refractivity contribution is 6.30. The molecule has 0 aliphatic carbocycles. The van der Waals surface area contributed by atoms with Crippen molar-refractivity contribution in [1.82, 2.24) is 0 Å². The summed E-state index contributed by atoms with van der Waals surface area (Å²) in [5, 5.41) is 18.7. The molecule has 6 heteroatoms. The topological polar surface area (TPSA) is 77.8 Å². The number of phenolic OH excluding ortho intramolecular Hbond substituents is 1. The molecule has 0 saturated heterocycles. The number of benzene rings is 2. The van der Waals surface area contributed by atoms with Crippen LogP contribution in [0.3, 0.4) is 0 Å². The predicted molar refractivity (Wildman–Crippen MR) is 107 cm³/mol. The zero-order valence-corrected chi connectivity index (χ0v) is 15.9. The number of hydrogen-bond acceptors (Lipinski definition) is 3. The Morgan fingerprint density at radius 2 is 1.44 bits per heavy atom. The molecule has 0 heterocycles. The van der Waals surface area contributed by atoms with Gasteiger partial charge in [0.1, 0.15) is 5.75 Å². The molecule has 27 heavy (non-hydrogen) atoms. The van der Waals surface area contributed by atoms with Gasteiger partial charge in [0.2, 0.25) is 0 Å². The molecule has 0 aliphatic rings. The highest BCUT2D eigenvalue weighted by atomic mass is 35.5. The molecule has 0 unspecified atom stereocenters. The van der Waals surface area contributed by atoms with Crippen molar-refractivity contribution in [2.24, 2.45) is 0 Å². The lowest BCUT2D eigenvalue weighted by molar-refractivity contribution is -0.137. The average Bonchev–Trinajstić information content (AvgIpc) is 2.65. The molecule has 0 atom stereocenters. The van der Waals surface area contributed by atoms with Crippen LogP contribution in [0, 0.1) is 0 Å². The molecule has 0 saturated carbocycles. The number of aliphatic carboxylic acids is 1. The molecule has 2 aromatic carbocycles. The monoisotopic (exact) mass is 389 g/mol. The van der Waals surface area contributed by atoms with Crippen molar-refractivity contribution in [3.63, 3.8) is 0 Å². The third-order valence-electron chi connectivity index (χ3n) is 4.27. The van der Waals surface area contributed by atoms with Crippen LogP contribution in [-0.4, -0.2) is 28.6 Å². The zero-order valence-electron chi connectivity index (χ0n) is 15.1. The van der Waals surface area contributed by atoms with Gasteiger partial charge in [-0.25, -0.2) is 0 Å². The maximum atomic E-state index is 12.9. The van der Waals surface area contributed by atoms with Gasteiger partial charge in [0.25, 0.3) is 5.91 Å². The molecule has 0 radical (unpaired) electrons. The van der Waals surface area contributed by atoms with E-state index < -0.39 is 5.97 Å². The quantitative estimate of drug-likeness (QED) is 0.553. The summed E-state index contributed by atoms with van der Waals surface area (Å²) in [6, 6.07) is 13.3. The summed E-state index contributed by atoms with van der Waals surface area (Å²) in [6.07, 6.45) is 4.42. The first-order valence-electron chi connectivity index (χ1n) is 9.05. The number of carbonyl (C=O) groups excluding carboxylic acids is 1. The van der Waals surface area contributed by atoms with Gasteiger partial charge >= 0.3 is 5.97 Å². The third-order valence-corrected chi connectivity index (χ3v) is 4.52. The fourth-order valence-corrected chi connectivity index (χ4v) is 2.93. The largest absolute Gasteiger partial charge is 0.508 e. The SMILES string of the molecule is O=C(O)CCCCCCCN(C(=O)c1ccc(Cl)cc1)c1ccc(O)cc1. The first-order chi connectivity index (χ1) is 13.0. The Kier molecular flexibility index (Phi) is 8.14. The summed E-state index contributed by atoms with van der Waals surface area (Å²) in [7, 11) is 0. The molecule has 0 spiro atoms. The lowest BCUT2D eigenvalue weighted by atomic mass is 10.1. The molecule has 2 N–H and O–H groups in total. The van der Waals surface area contributed by atoms with E-state index in [9.17, 15) is 14.7 Å². The van der Waals surface area contributed by atoms with E-state index in [0.29, 0.717) is 23.6 Å². The lowest BCUT2D eigenvalue weighted by Gasteiger charge is -2.23. The molecule has 2 aromatic rings. The van der Waals surface area contributed by atoms with Crippen LogP contribution in [0.4, 0.5) is 5.69 Å². The number of rotatable bonds is 10. The van der Waals surface area contributed by atoms with Crippen LogP contribution in [0.25, 0.3) is 0 Å². The predicted octanol–water partition coefficient (Wildman–Crippen LogP) is 5.12. The van der Waals surface area contributed by atoms with E-state index in [1.807, 2.05) is 0 Å². The molecule has 0 fully saturated rings. The van der Waals surface area contributed by atoms with E-state index in [1.165, 1.54) is 0 Å². The molecule has 2 rings (SSSR count). The van der Waals surface area contributed by atoms with Gasteiger partial charge in [-0.1, -0.05) is 30.9 Å². The maximum absolute atomic E-state index is 12.9.